The molecule has 0 aliphatic carbocycles. The quantitative estimate of drug-likeness (QED) is 0.561. The molecular formula is C8H11N5. The van der Waals surface area contributed by atoms with E-state index in [1.54, 1.807) is 19.7 Å². The summed E-state index contributed by atoms with van der Waals surface area (Å²) in [6.07, 6.45) is 3.48. The van der Waals surface area contributed by atoms with Crippen LogP contribution < -0.4 is 5.49 Å². The molecule has 0 radical (unpaired) electrons. The number of imidazole rings is 1. The van der Waals surface area contributed by atoms with E-state index in [0.29, 0.717) is 0 Å². The Kier molecular flexibility index (Phi) is 1.65. The summed E-state index contributed by atoms with van der Waals surface area (Å²) in [6, 6.07) is 0. The zero-order valence-corrected chi connectivity index (χ0v) is 7.89. The third-order valence-electron chi connectivity index (χ3n) is 2.02. The zero-order chi connectivity index (χ0) is 9.42. The molecule has 2 rings (SSSR count). The van der Waals surface area contributed by atoms with Gasteiger partial charge in [0.15, 0.2) is 16.7 Å². The van der Waals surface area contributed by atoms with Crippen LogP contribution in [0.3, 0.4) is 0 Å². The van der Waals surface area contributed by atoms with Crippen LogP contribution in [0.15, 0.2) is 17.6 Å². The molecule has 0 atom stereocenters. The van der Waals surface area contributed by atoms with E-state index >= 15 is 0 Å². The fourth-order valence-corrected chi connectivity index (χ4v) is 1.36. The Morgan fingerprint density at radius 2 is 1.85 bits per heavy atom. The molecule has 68 valence electrons. The van der Waals surface area contributed by atoms with Crippen molar-refractivity contribution < 1.29 is 0 Å². The molecule has 0 unspecified atom stereocenters. The second-order valence-electron chi connectivity index (χ2n) is 2.93. The zero-order valence-electron chi connectivity index (χ0n) is 7.89. The maximum Gasteiger partial charge on any atom is 0.165 e. The highest BCUT2D eigenvalue weighted by molar-refractivity contribution is 5.68. The second-order valence-corrected chi connectivity index (χ2v) is 2.93. The first-order chi connectivity index (χ1) is 6.24. The van der Waals surface area contributed by atoms with Crippen molar-refractivity contribution in [2.75, 3.05) is 7.05 Å². The number of hydrogen-bond acceptors (Lipinski definition) is 3. The molecule has 2 heterocycles. The van der Waals surface area contributed by atoms with Crippen molar-refractivity contribution in [3.63, 3.8) is 0 Å². The highest BCUT2D eigenvalue weighted by Gasteiger charge is 2.03. The normalized spacial score (nSPS) is 12.7. The van der Waals surface area contributed by atoms with E-state index in [4.69, 9.17) is 0 Å². The molecule has 0 aromatic carbocycles. The van der Waals surface area contributed by atoms with Crippen LogP contribution in [0, 0.1) is 0 Å². The molecule has 13 heavy (non-hydrogen) atoms. The van der Waals surface area contributed by atoms with Crippen LogP contribution in [-0.4, -0.2) is 26.1 Å². The topological polar surface area (TPSA) is 48.0 Å². The van der Waals surface area contributed by atoms with Crippen LogP contribution in [0.2, 0.25) is 0 Å². The molecule has 0 saturated carbocycles. The van der Waals surface area contributed by atoms with Gasteiger partial charge >= 0.3 is 0 Å². The van der Waals surface area contributed by atoms with E-state index in [9.17, 15) is 0 Å². The molecule has 0 bridgehead atoms. The SMILES string of the molecule is CN=c1c2ncn(C)c2ncn1C. The average Bonchev–Trinajstić information content (AvgIpc) is 2.48. The Balaban J connectivity index is 3.03. The first-order valence-electron chi connectivity index (χ1n) is 3.99. The molecule has 2 aromatic rings. The van der Waals surface area contributed by atoms with Gasteiger partial charge in [-0.25, -0.2) is 9.97 Å². The summed E-state index contributed by atoms with van der Waals surface area (Å²) in [7, 11) is 5.58. The molecule has 0 aliphatic rings. The van der Waals surface area contributed by atoms with E-state index in [0.717, 1.165) is 16.7 Å². The summed E-state index contributed by atoms with van der Waals surface area (Å²) in [4.78, 5) is 12.6. The van der Waals surface area contributed by atoms with Crippen LogP contribution in [0.25, 0.3) is 11.2 Å². The fourth-order valence-electron chi connectivity index (χ4n) is 1.36. The van der Waals surface area contributed by atoms with Crippen LogP contribution in [0.4, 0.5) is 0 Å². The number of hydrogen-bond donors (Lipinski definition) is 0. The minimum Gasteiger partial charge on any atom is -0.319 e. The molecule has 0 N–H and O–H groups in total. The van der Waals surface area contributed by atoms with Crippen molar-refractivity contribution in [2.45, 2.75) is 0 Å². The monoisotopic (exact) mass is 177 g/mol. The van der Waals surface area contributed by atoms with Crippen molar-refractivity contribution in [2.24, 2.45) is 19.1 Å². The number of rotatable bonds is 0. The van der Waals surface area contributed by atoms with Gasteiger partial charge in [-0.15, -0.1) is 0 Å². The van der Waals surface area contributed by atoms with Crippen LogP contribution in [0.1, 0.15) is 0 Å². The van der Waals surface area contributed by atoms with Crippen LogP contribution >= 0.6 is 0 Å². The summed E-state index contributed by atoms with van der Waals surface area (Å²) < 4.78 is 3.74. The highest BCUT2D eigenvalue weighted by Crippen LogP contribution is 2.00. The Morgan fingerprint density at radius 3 is 2.54 bits per heavy atom. The number of nitrogens with zero attached hydrogens (tertiary/aromatic N) is 5. The third kappa shape index (κ3) is 1.04. The third-order valence-corrected chi connectivity index (χ3v) is 2.02. The summed E-state index contributed by atoms with van der Waals surface area (Å²) >= 11 is 0. The van der Waals surface area contributed by atoms with Crippen LogP contribution in [-0.2, 0) is 14.1 Å². The summed E-state index contributed by atoms with van der Waals surface area (Å²) in [5.41, 5.74) is 2.55. The fraction of sp³-hybridized carbons (Fsp3) is 0.375. The van der Waals surface area contributed by atoms with Gasteiger partial charge in [0.1, 0.15) is 0 Å². The predicted molar refractivity (Wildman–Crippen MR) is 49.0 cm³/mol. The first-order valence-corrected chi connectivity index (χ1v) is 3.99. The molecule has 0 aliphatic heterocycles. The van der Waals surface area contributed by atoms with Gasteiger partial charge in [-0.1, -0.05) is 0 Å². The van der Waals surface area contributed by atoms with Crippen molar-refractivity contribution >= 4 is 11.2 Å². The van der Waals surface area contributed by atoms with Gasteiger partial charge in [0.2, 0.25) is 0 Å². The standard InChI is InChI=1S/C8H11N5/c1-9-7-6-8(11-5-12(7)2)13(3)4-10-6/h4-5H,1-3H3. The number of aryl methyl sites for hydroxylation is 2. The van der Waals surface area contributed by atoms with Crippen molar-refractivity contribution in [3.05, 3.63) is 18.1 Å². The maximum atomic E-state index is 4.25. The second kappa shape index (κ2) is 2.69. The lowest BCUT2D eigenvalue weighted by Crippen LogP contribution is -2.19. The first kappa shape index (κ1) is 7.97. The van der Waals surface area contributed by atoms with Gasteiger partial charge in [-0.2, -0.15) is 0 Å². The van der Waals surface area contributed by atoms with E-state index in [-0.39, 0.29) is 0 Å². The highest BCUT2D eigenvalue weighted by atomic mass is 15.1. The van der Waals surface area contributed by atoms with Crippen molar-refractivity contribution in [1.82, 2.24) is 19.1 Å². The molecule has 2 aromatic heterocycles. The van der Waals surface area contributed by atoms with E-state index < -0.39 is 0 Å². The van der Waals surface area contributed by atoms with Crippen molar-refractivity contribution in [3.8, 4) is 0 Å². The van der Waals surface area contributed by atoms with Gasteiger partial charge in [-0.3, -0.25) is 4.99 Å². The lowest BCUT2D eigenvalue weighted by molar-refractivity contribution is 0.806. The van der Waals surface area contributed by atoms with Gasteiger partial charge in [-0.05, 0) is 0 Å². The Hall–Kier alpha value is -1.65. The Labute approximate surface area is 75.4 Å². The maximum absolute atomic E-state index is 4.25. The summed E-state index contributed by atoms with van der Waals surface area (Å²) in [5, 5.41) is 0. The van der Waals surface area contributed by atoms with Crippen LogP contribution in [0.5, 0.6) is 0 Å². The number of aromatic nitrogens is 4. The van der Waals surface area contributed by atoms with Gasteiger partial charge in [0.25, 0.3) is 0 Å². The molecule has 5 heteroatoms. The molecule has 0 amide bonds. The smallest absolute Gasteiger partial charge is 0.165 e. The van der Waals surface area contributed by atoms with Gasteiger partial charge in [0, 0.05) is 21.1 Å². The molecule has 0 fully saturated rings. The minimum atomic E-state index is 0.843. The molecule has 0 saturated heterocycles. The van der Waals surface area contributed by atoms with Gasteiger partial charge in [0.05, 0.1) is 12.7 Å². The number of fused-ring (bicyclic) bond motifs is 1. The van der Waals surface area contributed by atoms with E-state index in [1.807, 2.05) is 23.2 Å². The Morgan fingerprint density at radius 1 is 1.15 bits per heavy atom. The molecule has 0 spiro atoms. The average molecular weight is 177 g/mol. The summed E-state index contributed by atoms with van der Waals surface area (Å²) in [5.74, 6) is 0. The lowest BCUT2D eigenvalue weighted by Gasteiger charge is -1.98. The summed E-state index contributed by atoms with van der Waals surface area (Å²) in [6.45, 7) is 0. The van der Waals surface area contributed by atoms with Crippen molar-refractivity contribution in [1.29, 1.82) is 0 Å². The minimum absolute atomic E-state index is 0.843. The molecular weight excluding hydrogens is 166 g/mol. The predicted octanol–water partition coefficient (Wildman–Crippen LogP) is -0.163. The Bertz CT molecular complexity index is 505. The van der Waals surface area contributed by atoms with E-state index in [1.165, 1.54) is 0 Å². The molecule has 5 nitrogen and oxygen atoms in total. The lowest BCUT2D eigenvalue weighted by atomic mass is 10.5. The van der Waals surface area contributed by atoms with E-state index in [2.05, 4.69) is 15.0 Å². The van der Waals surface area contributed by atoms with Gasteiger partial charge < -0.3 is 9.13 Å². The largest absolute Gasteiger partial charge is 0.319 e.